The average Bonchev–Trinajstić information content (AvgIpc) is 2.77. The van der Waals surface area contributed by atoms with E-state index >= 15 is 0 Å². The van der Waals surface area contributed by atoms with Gasteiger partial charge in [0.25, 0.3) is 0 Å². The van der Waals surface area contributed by atoms with Crippen molar-refractivity contribution in [2.45, 2.75) is 25.2 Å². The Hall–Kier alpha value is -2.42. The standard InChI is InChI=1S/C26H32N2/c1-4-11-23(12-5-1)13-10-19-27-21-22-28-20-18-26(24-14-6-2-7-15-24)25-16-8-3-9-17-25/h1-9,11-12,14-17,26-28H,10,13,18-22H2. The van der Waals surface area contributed by atoms with E-state index in [2.05, 4.69) is 102 Å². The van der Waals surface area contributed by atoms with Gasteiger partial charge in [0.1, 0.15) is 0 Å². The van der Waals surface area contributed by atoms with Crippen molar-refractivity contribution in [2.24, 2.45) is 0 Å². The van der Waals surface area contributed by atoms with E-state index in [1.807, 2.05) is 0 Å². The first-order valence-corrected chi connectivity index (χ1v) is 10.5. The fourth-order valence-electron chi connectivity index (χ4n) is 3.63. The fourth-order valence-corrected chi connectivity index (χ4v) is 3.63. The predicted molar refractivity (Wildman–Crippen MR) is 120 cm³/mol. The molecule has 0 aliphatic rings. The summed E-state index contributed by atoms with van der Waals surface area (Å²) in [4.78, 5) is 0. The van der Waals surface area contributed by atoms with Crippen molar-refractivity contribution in [1.82, 2.24) is 10.6 Å². The van der Waals surface area contributed by atoms with Crippen LogP contribution in [0.3, 0.4) is 0 Å². The van der Waals surface area contributed by atoms with Gasteiger partial charge in [0, 0.05) is 19.0 Å². The molecule has 28 heavy (non-hydrogen) atoms. The van der Waals surface area contributed by atoms with Gasteiger partial charge in [-0.2, -0.15) is 0 Å². The van der Waals surface area contributed by atoms with E-state index in [4.69, 9.17) is 0 Å². The van der Waals surface area contributed by atoms with E-state index in [1.165, 1.54) is 23.1 Å². The van der Waals surface area contributed by atoms with Crippen molar-refractivity contribution >= 4 is 0 Å². The second-order valence-corrected chi connectivity index (χ2v) is 7.25. The fraction of sp³-hybridized carbons (Fsp3) is 0.308. The van der Waals surface area contributed by atoms with Crippen LogP contribution in [0.15, 0.2) is 91.0 Å². The topological polar surface area (TPSA) is 24.1 Å². The molecule has 0 saturated heterocycles. The quantitative estimate of drug-likeness (QED) is 0.436. The minimum atomic E-state index is 0.453. The average molecular weight is 373 g/mol. The highest BCUT2D eigenvalue weighted by Gasteiger charge is 2.12. The highest BCUT2D eigenvalue weighted by Crippen LogP contribution is 2.27. The Labute approximate surface area is 170 Å². The Bertz CT molecular complexity index is 717. The summed E-state index contributed by atoms with van der Waals surface area (Å²) in [6, 6.07) is 32.4. The van der Waals surface area contributed by atoms with E-state index in [1.54, 1.807) is 0 Å². The predicted octanol–water partition coefficient (Wildman–Crippen LogP) is 5.02. The molecule has 0 fully saturated rings. The van der Waals surface area contributed by atoms with Gasteiger partial charge in [0.2, 0.25) is 0 Å². The summed E-state index contributed by atoms with van der Waals surface area (Å²) >= 11 is 0. The van der Waals surface area contributed by atoms with Crippen LogP contribution in [0.2, 0.25) is 0 Å². The van der Waals surface area contributed by atoms with Crippen LogP contribution in [0, 0.1) is 0 Å². The molecule has 2 nitrogen and oxygen atoms in total. The van der Waals surface area contributed by atoms with Crippen LogP contribution in [0.1, 0.15) is 35.4 Å². The molecule has 146 valence electrons. The summed E-state index contributed by atoms with van der Waals surface area (Å²) in [6.07, 6.45) is 3.45. The molecule has 0 saturated carbocycles. The van der Waals surface area contributed by atoms with Crippen molar-refractivity contribution in [3.63, 3.8) is 0 Å². The molecular formula is C26H32N2. The Kier molecular flexibility index (Phi) is 8.79. The summed E-state index contributed by atoms with van der Waals surface area (Å²) in [5.41, 5.74) is 4.22. The summed E-state index contributed by atoms with van der Waals surface area (Å²) in [5, 5.41) is 7.15. The maximum atomic E-state index is 3.60. The first kappa shape index (κ1) is 20.3. The van der Waals surface area contributed by atoms with Gasteiger partial charge in [-0.15, -0.1) is 0 Å². The van der Waals surface area contributed by atoms with Crippen LogP contribution in [-0.4, -0.2) is 26.2 Å². The molecule has 0 aliphatic heterocycles. The molecule has 0 amide bonds. The molecule has 0 aliphatic carbocycles. The van der Waals surface area contributed by atoms with Crippen LogP contribution in [-0.2, 0) is 6.42 Å². The second kappa shape index (κ2) is 12.1. The zero-order valence-corrected chi connectivity index (χ0v) is 16.7. The van der Waals surface area contributed by atoms with Crippen molar-refractivity contribution in [3.8, 4) is 0 Å². The molecule has 0 spiro atoms. The lowest BCUT2D eigenvalue weighted by molar-refractivity contribution is 0.571. The molecule has 2 N–H and O–H groups in total. The van der Waals surface area contributed by atoms with Gasteiger partial charge in [-0.05, 0) is 49.0 Å². The molecule has 0 radical (unpaired) electrons. The van der Waals surface area contributed by atoms with Gasteiger partial charge in [-0.1, -0.05) is 91.0 Å². The zero-order valence-electron chi connectivity index (χ0n) is 16.7. The molecule has 3 aromatic rings. The lowest BCUT2D eigenvalue weighted by atomic mass is 9.88. The lowest BCUT2D eigenvalue weighted by Gasteiger charge is -2.18. The smallest absolute Gasteiger partial charge is 0.0101 e. The van der Waals surface area contributed by atoms with Gasteiger partial charge >= 0.3 is 0 Å². The number of benzene rings is 3. The van der Waals surface area contributed by atoms with Crippen molar-refractivity contribution < 1.29 is 0 Å². The number of hydrogen-bond donors (Lipinski definition) is 2. The first-order chi connectivity index (χ1) is 13.9. The molecule has 0 atom stereocenters. The lowest BCUT2D eigenvalue weighted by Crippen LogP contribution is -2.29. The molecule has 0 heterocycles. The van der Waals surface area contributed by atoms with E-state index in [9.17, 15) is 0 Å². The van der Waals surface area contributed by atoms with Crippen LogP contribution >= 0.6 is 0 Å². The van der Waals surface area contributed by atoms with E-state index < -0.39 is 0 Å². The second-order valence-electron chi connectivity index (χ2n) is 7.25. The maximum Gasteiger partial charge on any atom is 0.0101 e. The number of nitrogens with one attached hydrogen (secondary N) is 2. The molecule has 0 unspecified atom stereocenters. The first-order valence-electron chi connectivity index (χ1n) is 10.5. The van der Waals surface area contributed by atoms with E-state index in [0.717, 1.165) is 39.0 Å². The van der Waals surface area contributed by atoms with Gasteiger partial charge in [0.05, 0.1) is 0 Å². The van der Waals surface area contributed by atoms with Gasteiger partial charge in [-0.25, -0.2) is 0 Å². The minimum Gasteiger partial charge on any atom is -0.315 e. The zero-order chi connectivity index (χ0) is 19.3. The SMILES string of the molecule is c1ccc(CCCNCCNCCC(c2ccccc2)c2ccccc2)cc1. The normalized spacial score (nSPS) is 11.0. The van der Waals surface area contributed by atoms with Crippen LogP contribution in [0.25, 0.3) is 0 Å². The number of rotatable bonds is 12. The maximum absolute atomic E-state index is 3.60. The summed E-state index contributed by atoms with van der Waals surface area (Å²) in [7, 11) is 0. The Morgan fingerprint density at radius 3 is 1.61 bits per heavy atom. The van der Waals surface area contributed by atoms with Crippen LogP contribution in [0.5, 0.6) is 0 Å². The van der Waals surface area contributed by atoms with Crippen LogP contribution < -0.4 is 10.6 Å². The van der Waals surface area contributed by atoms with Crippen LogP contribution in [0.4, 0.5) is 0 Å². The third kappa shape index (κ3) is 6.95. The summed E-state index contributed by atoms with van der Waals surface area (Å²) in [5.74, 6) is 0.453. The van der Waals surface area contributed by atoms with Gasteiger partial charge in [0.15, 0.2) is 0 Å². The minimum absolute atomic E-state index is 0.453. The van der Waals surface area contributed by atoms with E-state index in [0.29, 0.717) is 5.92 Å². The van der Waals surface area contributed by atoms with E-state index in [-0.39, 0.29) is 0 Å². The molecule has 2 heteroatoms. The highest BCUT2D eigenvalue weighted by molar-refractivity contribution is 5.32. The third-order valence-corrected chi connectivity index (χ3v) is 5.15. The highest BCUT2D eigenvalue weighted by atomic mass is 14.9. The largest absolute Gasteiger partial charge is 0.315 e. The molecule has 3 aromatic carbocycles. The third-order valence-electron chi connectivity index (χ3n) is 5.15. The Morgan fingerprint density at radius 2 is 1.04 bits per heavy atom. The molecule has 3 rings (SSSR count). The molecular weight excluding hydrogens is 340 g/mol. The number of aryl methyl sites for hydroxylation is 1. The molecule has 0 aromatic heterocycles. The van der Waals surface area contributed by atoms with Crippen molar-refractivity contribution in [1.29, 1.82) is 0 Å². The van der Waals surface area contributed by atoms with Gasteiger partial charge in [-0.3, -0.25) is 0 Å². The Balaban J connectivity index is 1.32. The monoisotopic (exact) mass is 372 g/mol. The van der Waals surface area contributed by atoms with Crippen molar-refractivity contribution in [3.05, 3.63) is 108 Å². The summed E-state index contributed by atoms with van der Waals surface area (Å²) < 4.78 is 0. The van der Waals surface area contributed by atoms with Crippen molar-refractivity contribution in [2.75, 3.05) is 26.2 Å². The summed E-state index contributed by atoms with van der Waals surface area (Å²) in [6.45, 7) is 4.14. The number of hydrogen-bond acceptors (Lipinski definition) is 2. The Morgan fingerprint density at radius 1 is 0.536 bits per heavy atom. The molecule has 0 bridgehead atoms. The van der Waals surface area contributed by atoms with Gasteiger partial charge < -0.3 is 10.6 Å².